The Morgan fingerprint density at radius 1 is 0.610 bits per heavy atom. The van der Waals surface area contributed by atoms with Crippen molar-refractivity contribution in [2.75, 3.05) is 16.3 Å². The monoisotopic (exact) mass is 1200 g/mol. The van der Waals surface area contributed by atoms with E-state index in [1.165, 1.54) is 11.1 Å². The molecule has 5 nitrogen and oxygen atoms in total. The van der Waals surface area contributed by atoms with E-state index < -0.39 is 30.4 Å². The van der Waals surface area contributed by atoms with Crippen LogP contribution in [-0.4, -0.2) is 16.1 Å². The van der Waals surface area contributed by atoms with Crippen LogP contribution < -0.4 is 14.5 Å². The van der Waals surface area contributed by atoms with Gasteiger partial charge in [-0.05, 0) is 145 Å². The van der Waals surface area contributed by atoms with Crippen molar-refractivity contribution in [2.45, 2.75) is 105 Å². The van der Waals surface area contributed by atoms with Crippen molar-refractivity contribution in [1.29, 1.82) is 0 Å². The molecule has 1 aliphatic rings. The Hall–Kier alpha value is -7.20. The zero-order valence-corrected chi connectivity index (χ0v) is 47.6. The van der Waals surface area contributed by atoms with E-state index in [2.05, 4.69) is 172 Å². The summed E-state index contributed by atoms with van der Waals surface area (Å²) in [5.41, 5.74) is 13.0. The first-order chi connectivity index (χ1) is 39.7. The van der Waals surface area contributed by atoms with Crippen LogP contribution in [0.1, 0.15) is 113 Å². The fourth-order valence-corrected chi connectivity index (χ4v) is 10.3. The number of anilines is 3. The van der Waals surface area contributed by atoms with Gasteiger partial charge in [-0.3, -0.25) is 0 Å². The van der Waals surface area contributed by atoms with Gasteiger partial charge in [0.05, 0.1) is 13.5 Å². The second-order valence-electron chi connectivity index (χ2n) is 23.1. The van der Waals surface area contributed by atoms with E-state index in [9.17, 15) is 0 Å². The molecule has 0 saturated heterocycles. The van der Waals surface area contributed by atoms with E-state index in [1.807, 2.05) is 69.4 Å². The molecular formula is C71H69N4OPt-3. The van der Waals surface area contributed by atoms with Gasteiger partial charge in [0.1, 0.15) is 5.82 Å². The molecule has 0 aliphatic carbocycles. The first-order valence-electron chi connectivity index (χ1n) is 30.3. The number of fused-ring (bicyclic) bond motifs is 4. The van der Waals surface area contributed by atoms with Crippen molar-refractivity contribution in [3.05, 3.63) is 234 Å². The van der Waals surface area contributed by atoms with Crippen LogP contribution in [0.15, 0.2) is 182 Å². The van der Waals surface area contributed by atoms with Crippen molar-refractivity contribution < 1.29 is 36.8 Å². The molecule has 0 bridgehead atoms. The molecule has 0 fully saturated rings. The number of pyridine rings is 1. The van der Waals surface area contributed by atoms with Crippen LogP contribution in [0, 0.1) is 25.7 Å². The second-order valence-corrected chi connectivity index (χ2v) is 23.1. The van der Waals surface area contributed by atoms with Gasteiger partial charge in [0.15, 0.2) is 0 Å². The van der Waals surface area contributed by atoms with Crippen LogP contribution in [-0.2, 0) is 50.3 Å². The first kappa shape index (κ1) is 43.9. The summed E-state index contributed by atoms with van der Waals surface area (Å²) in [6, 6.07) is 55.1. The number of rotatable bonds is 12. The molecule has 0 N–H and O–H groups in total. The maximum Gasteiger partial charge on any atom is 0.135 e. The molecule has 8 aromatic carbocycles. The van der Waals surface area contributed by atoms with Gasteiger partial charge in [-0.1, -0.05) is 177 Å². The van der Waals surface area contributed by atoms with Crippen LogP contribution in [0.25, 0.3) is 61.0 Å². The van der Waals surface area contributed by atoms with E-state index in [1.54, 1.807) is 6.07 Å². The number of nitrogens with zero attached hydrogens (tertiary/aromatic N) is 4. The van der Waals surface area contributed by atoms with Gasteiger partial charge in [-0.25, -0.2) is 4.98 Å². The zero-order chi connectivity index (χ0) is 59.8. The maximum absolute atomic E-state index is 9.07. The van der Waals surface area contributed by atoms with Crippen LogP contribution in [0.2, 0.25) is 0 Å². The number of aryl methyl sites for hydroxylation is 1. The van der Waals surface area contributed by atoms with Crippen molar-refractivity contribution >= 4 is 38.9 Å². The van der Waals surface area contributed by atoms with E-state index in [0.717, 1.165) is 72.5 Å². The minimum atomic E-state index is -2.57. The van der Waals surface area contributed by atoms with E-state index in [4.69, 9.17) is 20.7 Å². The molecule has 2 aromatic heterocycles. The summed E-state index contributed by atoms with van der Waals surface area (Å²) in [6.07, 6.45) is 2.56. The van der Waals surface area contributed by atoms with Gasteiger partial charge in [0.25, 0.3) is 0 Å². The predicted octanol–water partition coefficient (Wildman–Crippen LogP) is 18.3. The normalized spacial score (nSPS) is 14.5. The topological polar surface area (TPSA) is 33.5 Å². The van der Waals surface area contributed by atoms with Crippen molar-refractivity contribution in [3.63, 3.8) is 0 Å². The molecule has 11 rings (SSSR count). The molecule has 0 radical (unpaired) electrons. The minimum Gasteiger partial charge on any atom is -0.517 e. The molecule has 0 atom stereocenters. The van der Waals surface area contributed by atoms with Gasteiger partial charge in [0.2, 0.25) is 0 Å². The smallest absolute Gasteiger partial charge is 0.135 e. The van der Waals surface area contributed by atoms with Gasteiger partial charge >= 0.3 is 0 Å². The minimum absolute atomic E-state index is 0. The van der Waals surface area contributed by atoms with E-state index >= 15 is 0 Å². The third kappa shape index (κ3) is 11.0. The van der Waals surface area contributed by atoms with Gasteiger partial charge in [0, 0.05) is 54.0 Å². The number of benzene rings is 8. The standard InChI is InChI=1S/C71H69N4O.Pt/c1-48-37-56(70(5,6)7)43-63(51-24-15-12-16-25-51)60(48)28-20-36-73-47-74(65-33-30-52(42-67(65)73)54-39-53(50-22-13-11-14-23-50)40-57(41-54)71(8,9)10)58-26-19-21-49(38-58)46-76-59-31-32-62-61-27-17-18-29-64(61)75(66(62)45-59)68-44-55(34-35-72-68)69(2,3)4;/h11-19,21-27,29-35,37,39-44,47H,20,28,36,46H2,1-10H3;/q-3;/i1D3,12D,15D,16D,24D,25D;. The molecule has 0 saturated carbocycles. The largest absolute Gasteiger partial charge is 0.517 e. The summed E-state index contributed by atoms with van der Waals surface area (Å²) in [5, 5.41) is 2.15. The summed E-state index contributed by atoms with van der Waals surface area (Å²) in [6.45, 7) is 19.4. The molecule has 1 aliphatic heterocycles. The Morgan fingerprint density at radius 3 is 2.09 bits per heavy atom. The first-order valence-corrected chi connectivity index (χ1v) is 26.3. The van der Waals surface area contributed by atoms with Crippen molar-refractivity contribution in [1.82, 2.24) is 9.55 Å². The summed E-state index contributed by atoms with van der Waals surface area (Å²) >= 11 is 0. The predicted molar refractivity (Wildman–Crippen MR) is 319 cm³/mol. The Bertz CT molecular complexity index is 4140. The Labute approximate surface area is 483 Å². The summed E-state index contributed by atoms with van der Waals surface area (Å²) in [4.78, 5) is 9.17. The second kappa shape index (κ2) is 21.3. The maximum atomic E-state index is 9.07. The van der Waals surface area contributed by atoms with Crippen LogP contribution in [0.3, 0.4) is 0 Å². The molecule has 0 spiro atoms. The zero-order valence-electron chi connectivity index (χ0n) is 53.4. The molecule has 392 valence electrons. The molecule has 77 heavy (non-hydrogen) atoms. The molecule has 6 heteroatoms. The van der Waals surface area contributed by atoms with Crippen molar-refractivity contribution in [3.8, 4) is 44.9 Å². The van der Waals surface area contributed by atoms with Gasteiger partial charge in [-0.2, -0.15) is 37.0 Å². The SMILES string of the molecule is [2H]c1c([2H])c([2H])c(-c2cc(C(C)(C)C)cc(C([2H])([2H])[2H])c2CCCN2[CH-]N(c3[c-]c(COc4[c-]c5c(cc4)c4ccccc4n5-c4cc(C(C)(C)C)ccn4)ccc3)c3ccc(-c4cc(-c5ccccc5)cc(C(C)(C)C)c4)cc32)c([2H])c1[2H].[Pt]. The van der Waals surface area contributed by atoms with Crippen LogP contribution >= 0.6 is 0 Å². The summed E-state index contributed by atoms with van der Waals surface area (Å²) in [5.74, 6) is 1.40. The average molecular weight is 1200 g/mol. The fourth-order valence-electron chi connectivity index (χ4n) is 10.3. The third-order valence-corrected chi connectivity index (χ3v) is 14.6. The molecule has 10 aromatic rings. The number of hydrogen-bond acceptors (Lipinski definition) is 4. The Kier molecular flexibility index (Phi) is 12.1. The van der Waals surface area contributed by atoms with E-state index in [0.29, 0.717) is 35.4 Å². The number of para-hydroxylation sites is 1. The van der Waals surface area contributed by atoms with Gasteiger partial charge < -0.3 is 19.1 Å². The third-order valence-electron chi connectivity index (χ3n) is 14.6. The Balaban J connectivity index is 0.00000803. The molecule has 3 heterocycles. The summed E-state index contributed by atoms with van der Waals surface area (Å²) in [7, 11) is 0. The summed E-state index contributed by atoms with van der Waals surface area (Å²) < 4.78 is 79.1. The Morgan fingerprint density at radius 2 is 1.34 bits per heavy atom. The quantitative estimate of drug-likeness (QED) is 0.114. The fraction of sp³-hybridized carbons (Fsp3) is 0.239. The number of aromatic nitrogens is 2. The number of ether oxygens (including phenoxy) is 1. The number of hydrogen-bond donors (Lipinski definition) is 0. The average Bonchev–Trinajstić information content (AvgIpc) is 2.09. The molecule has 0 unspecified atom stereocenters. The van der Waals surface area contributed by atoms with Crippen LogP contribution in [0.4, 0.5) is 17.1 Å². The van der Waals surface area contributed by atoms with Crippen LogP contribution in [0.5, 0.6) is 5.75 Å². The van der Waals surface area contributed by atoms with E-state index in [-0.39, 0.29) is 68.1 Å². The molecular weight excluding hydrogens is 1120 g/mol. The van der Waals surface area contributed by atoms with Crippen molar-refractivity contribution in [2.24, 2.45) is 0 Å². The molecule has 0 amide bonds. The van der Waals surface area contributed by atoms with Gasteiger partial charge in [-0.15, -0.1) is 28.8 Å².